The van der Waals surface area contributed by atoms with Crippen LogP contribution in [0, 0.1) is 6.92 Å². The molecule has 0 aliphatic heterocycles. The van der Waals surface area contributed by atoms with Crippen molar-refractivity contribution in [2.75, 3.05) is 0 Å². The summed E-state index contributed by atoms with van der Waals surface area (Å²) >= 11 is 1.77. The smallest absolute Gasteiger partial charge is 0.0508 e. The maximum absolute atomic E-state index is 5.63. The zero-order chi connectivity index (χ0) is 11.4. The van der Waals surface area contributed by atoms with Crippen LogP contribution in [0.1, 0.15) is 22.0 Å². The highest BCUT2D eigenvalue weighted by atomic mass is 32.1. The van der Waals surface area contributed by atoms with Gasteiger partial charge in [-0.2, -0.15) is 0 Å². The zero-order valence-electron chi connectivity index (χ0n) is 9.31. The van der Waals surface area contributed by atoms with E-state index < -0.39 is 0 Å². The number of nitrogens with two attached hydrogens (primary N) is 1. The molecule has 2 aromatic rings. The van der Waals surface area contributed by atoms with Crippen molar-refractivity contribution < 1.29 is 0 Å². The summed E-state index contributed by atoms with van der Waals surface area (Å²) in [7, 11) is 0. The van der Waals surface area contributed by atoms with E-state index in [1.165, 1.54) is 16.0 Å². The Balaban J connectivity index is 2.16. The standard InChI is InChI=1S/C13H16N2S/c1-10-4-2-5-11(8-10)13(15-14)9-12-6-3-7-16-12/h2-8,13,15H,9,14H2,1H3. The van der Waals surface area contributed by atoms with Crippen molar-refractivity contribution in [3.05, 3.63) is 57.8 Å². The van der Waals surface area contributed by atoms with E-state index in [2.05, 4.69) is 54.1 Å². The van der Waals surface area contributed by atoms with Crippen LogP contribution in [-0.4, -0.2) is 0 Å². The number of hydrogen-bond acceptors (Lipinski definition) is 3. The van der Waals surface area contributed by atoms with Crippen molar-refractivity contribution in [2.24, 2.45) is 5.84 Å². The number of hydrazine groups is 1. The van der Waals surface area contributed by atoms with Crippen LogP contribution >= 0.6 is 11.3 Å². The summed E-state index contributed by atoms with van der Waals surface area (Å²) in [5, 5.41) is 2.10. The van der Waals surface area contributed by atoms with E-state index in [0.717, 1.165) is 6.42 Å². The summed E-state index contributed by atoms with van der Waals surface area (Å²) in [6.07, 6.45) is 0.942. The molecule has 2 rings (SSSR count). The summed E-state index contributed by atoms with van der Waals surface area (Å²) in [4.78, 5) is 1.35. The number of aryl methyl sites for hydroxylation is 1. The van der Waals surface area contributed by atoms with Gasteiger partial charge < -0.3 is 0 Å². The number of thiophene rings is 1. The van der Waals surface area contributed by atoms with Gasteiger partial charge in [0.15, 0.2) is 0 Å². The summed E-state index contributed by atoms with van der Waals surface area (Å²) < 4.78 is 0. The minimum absolute atomic E-state index is 0.193. The first-order valence-electron chi connectivity index (χ1n) is 5.34. The fraction of sp³-hybridized carbons (Fsp3) is 0.231. The molecule has 1 aromatic heterocycles. The molecule has 2 nitrogen and oxygen atoms in total. The molecule has 84 valence electrons. The SMILES string of the molecule is Cc1cccc(C(Cc2cccs2)NN)c1. The Hall–Kier alpha value is -1.16. The Morgan fingerprint density at radius 2 is 2.19 bits per heavy atom. The second kappa shape index (κ2) is 5.25. The van der Waals surface area contributed by atoms with Gasteiger partial charge in [-0.25, -0.2) is 0 Å². The minimum atomic E-state index is 0.193. The Morgan fingerprint density at radius 3 is 2.81 bits per heavy atom. The largest absolute Gasteiger partial charge is 0.271 e. The van der Waals surface area contributed by atoms with E-state index in [4.69, 9.17) is 5.84 Å². The Bertz CT molecular complexity index is 437. The minimum Gasteiger partial charge on any atom is -0.271 e. The van der Waals surface area contributed by atoms with E-state index >= 15 is 0 Å². The maximum atomic E-state index is 5.63. The predicted octanol–water partition coefficient (Wildman–Crippen LogP) is 2.80. The molecule has 0 aliphatic rings. The number of hydrogen-bond donors (Lipinski definition) is 2. The van der Waals surface area contributed by atoms with Crippen LogP contribution in [0.3, 0.4) is 0 Å². The lowest BCUT2D eigenvalue weighted by Crippen LogP contribution is -2.29. The van der Waals surface area contributed by atoms with Crippen LogP contribution in [0.4, 0.5) is 0 Å². The van der Waals surface area contributed by atoms with Crippen LogP contribution in [0.15, 0.2) is 41.8 Å². The molecule has 0 spiro atoms. The van der Waals surface area contributed by atoms with E-state index in [-0.39, 0.29) is 6.04 Å². The van der Waals surface area contributed by atoms with Crippen molar-refractivity contribution >= 4 is 11.3 Å². The predicted molar refractivity (Wildman–Crippen MR) is 69.3 cm³/mol. The van der Waals surface area contributed by atoms with Crippen LogP contribution in [0.5, 0.6) is 0 Å². The van der Waals surface area contributed by atoms with Gasteiger partial charge in [0.25, 0.3) is 0 Å². The first-order valence-corrected chi connectivity index (χ1v) is 6.22. The van der Waals surface area contributed by atoms with Crippen LogP contribution in [0.2, 0.25) is 0 Å². The third-order valence-electron chi connectivity index (χ3n) is 2.63. The fourth-order valence-electron chi connectivity index (χ4n) is 1.79. The van der Waals surface area contributed by atoms with Crippen molar-refractivity contribution in [1.82, 2.24) is 5.43 Å². The van der Waals surface area contributed by atoms with E-state index in [1.807, 2.05) is 0 Å². The van der Waals surface area contributed by atoms with E-state index in [9.17, 15) is 0 Å². The molecule has 1 heterocycles. The molecule has 0 bridgehead atoms. The van der Waals surface area contributed by atoms with E-state index in [1.54, 1.807) is 11.3 Å². The first kappa shape index (κ1) is 11.3. The van der Waals surface area contributed by atoms with Gasteiger partial charge in [-0.15, -0.1) is 11.3 Å². The molecular weight excluding hydrogens is 216 g/mol. The molecule has 3 heteroatoms. The number of benzene rings is 1. The van der Waals surface area contributed by atoms with Crippen molar-refractivity contribution in [2.45, 2.75) is 19.4 Å². The van der Waals surface area contributed by atoms with Crippen molar-refractivity contribution in [1.29, 1.82) is 0 Å². The third-order valence-corrected chi connectivity index (χ3v) is 3.53. The average Bonchev–Trinajstić information content (AvgIpc) is 2.78. The summed E-state index contributed by atoms with van der Waals surface area (Å²) in [6, 6.07) is 12.9. The molecule has 3 N–H and O–H groups in total. The second-order valence-corrected chi connectivity index (χ2v) is 4.95. The topological polar surface area (TPSA) is 38.0 Å². The molecule has 0 radical (unpaired) electrons. The van der Waals surface area contributed by atoms with Gasteiger partial charge in [0.05, 0.1) is 6.04 Å². The van der Waals surface area contributed by atoms with Gasteiger partial charge >= 0.3 is 0 Å². The molecule has 1 atom stereocenters. The van der Waals surface area contributed by atoms with Crippen LogP contribution in [-0.2, 0) is 6.42 Å². The molecule has 0 amide bonds. The lowest BCUT2D eigenvalue weighted by atomic mass is 10.0. The quantitative estimate of drug-likeness (QED) is 0.628. The van der Waals surface area contributed by atoms with Gasteiger partial charge in [0.2, 0.25) is 0 Å². The fourth-order valence-corrected chi connectivity index (χ4v) is 2.54. The molecule has 0 saturated heterocycles. The molecular formula is C13H16N2S. The monoisotopic (exact) mass is 232 g/mol. The average molecular weight is 232 g/mol. The molecule has 1 unspecified atom stereocenters. The maximum Gasteiger partial charge on any atom is 0.0508 e. The highest BCUT2D eigenvalue weighted by Gasteiger charge is 2.10. The molecule has 0 aliphatic carbocycles. The first-order chi connectivity index (χ1) is 7.79. The molecule has 0 saturated carbocycles. The van der Waals surface area contributed by atoms with Gasteiger partial charge in [-0.3, -0.25) is 11.3 Å². The number of rotatable bonds is 4. The summed E-state index contributed by atoms with van der Waals surface area (Å²) in [6.45, 7) is 2.10. The van der Waals surface area contributed by atoms with Crippen LogP contribution in [0.25, 0.3) is 0 Å². The van der Waals surface area contributed by atoms with Gasteiger partial charge in [0, 0.05) is 11.3 Å². The third kappa shape index (κ3) is 2.70. The summed E-state index contributed by atoms with van der Waals surface area (Å²) in [5.41, 5.74) is 5.40. The van der Waals surface area contributed by atoms with Crippen molar-refractivity contribution in [3.63, 3.8) is 0 Å². The highest BCUT2D eigenvalue weighted by molar-refractivity contribution is 7.09. The zero-order valence-corrected chi connectivity index (χ0v) is 10.1. The molecule has 1 aromatic carbocycles. The van der Waals surface area contributed by atoms with Gasteiger partial charge in [-0.05, 0) is 23.9 Å². The molecule has 0 fully saturated rings. The Labute approximate surface area is 100 Å². The second-order valence-electron chi connectivity index (χ2n) is 3.92. The lowest BCUT2D eigenvalue weighted by Gasteiger charge is -2.15. The van der Waals surface area contributed by atoms with E-state index in [0.29, 0.717) is 0 Å². The highest BCUT2D eigenvalue weighted by Crippen LogP contribution is 2.21. The Morgan fingerprint density at radius 1 is 1.31 bits per heavy atom. The lowest BCUT2D eigenvalue weighted by molar-refractivity contribution is 0.555. The Kier molecular flexibility index (Phi) is 3.72. The van der Waals surface area contributed by atoms with Crippen LogP contribution < -0.4 is 11.3 Å². The normalized spacial score (nSPS) is 12.6. The van der Waals surface area contributed by atoms with Gasteiger partial charge in [-0.1, -0.05) is 35.9 Å². The van der Waals surface area contributed by atoms with Gasteiger partial charge in [0.1, 0.15) is 0 Å². The molecule has 16 heavy (non-hydrogen) atoms. The number of nitrogens with one attached hydrogen (secondary N) is 1. The van der Waals surface area contributed by atoms with Crippen molar-refractivity contribution in [3.8, 4) is 0 Å². The summed E-state index contributed by atoms with van der Waals surface area (Å²) in [5.74, 6) is 5.63.